The molecule has 9 nitrogen and oxygen atoms in total. The van der Waals surface area contributed by atoms with Crippen LogP contribution in [0.2, 0.25) is 0 Å². The van der Waals surface area contributed by atoms with E-state index in [1.54, 1.807) is 0 Å². The zero-order valence-corrected chi connectivity index (χ0v) is 30.3. The Balaban J connectivity index is 2.40. The number of carbonyl (C=O) groups excluding carboxylic acids is 1. The molecule has 6 N–H and O–H groups in total. The Hall–Kier alpha value is -0.810. The largest absolute Gasteiger partial charge is 0.394 e. The summed E-state index contributed by atoms with van der Waals surface area (Å²) in [6.07, 6.45) is 22.5. The monoisotopic (exact) mass is 674 g/mol. The van der Waals surface area contributed by atoms with Gasteiger partial charge in [-0.15, -0.1) is 0 Å². The van der Waals surface area contributed by atoms with Gasteiger partial charge in [0, 0.05) is 6.42 Å². The minimum absolute atomic E-state index is 0.133. The third kappa shape index (κ3) is 21.8. The molecule has 2 unspecified atom stereocenters. The number of hydrogen-bond donors (Lipinski definition) is 6. The summed E-state index contributed by atoms with van der Waals surface area (Å²) >= 11 is 0. The molecule has 1 aliphatic heterocycles. The number of nitrogens with one attached hydrogen (secondary N) is 1. The van der Waals surface area contributed by atoms with E-state index in [9.17, 15) is 30.3 Å². The SMILES string of the molecule is CCCCCCCCCCCCCCCC[C@@H](O)[C@H](CO[C@@H]1O[C@H](CO)[C@@H](O)C(O)C1O)NC(=O)CCCCCCCCCCCC. The van der Waals surface area contributed by atoms with Crippen LogP contribution in [0.25, 0.3) is 0 Å². The average molecular weight is 674 g/mol. The second-order valence-corrected chi connectivity index (χ2v) is 14.1. The molecule has 1 rings (SSSR count). The van der Waals surface area contributed by atoms with Crippen molar-refractivity contribution < 1.29 is 39.8 Å². The van der Waals surface area contributed by atoms with E-state index in [-0.39, 0.29) is 12.5 Å². The van der Waals surface area contributed by atoms with Crippen molar-refractivity contribution >= 4 is 5.91 Å². The molecule has 0 aromatic rings. The van der Waals surface area contributed by atoms with Gasteiger partial charge in [0.1, 0.15) is 24.4 Å². The van der Waals surface area contributed by atoms with Crippen molar-refractivity contribution in [2.45, 2.75) is 224 Å². The number of amides is 1. The fourth-order valence-electron chi connectivity index (χ4n) is 6.45. The summed E-state index contributed by atoms with van der Waals surface area (Å²) in [6.45, 7) is 3.80. The van der Waals surface area contributed by atoms with Gasteiger partial charge in [0.15, 0.2) is 6.29 Å². The van der Waals surface area contributed by atoms with E-state index < -0.39 is 49.5 Å². The first-order valence-electron chi connectivity index (χ1n) is 19.7. The minimum atomic E-state index is -1.55. The lowest BCUT2D eigenvalue weighted by Gasteiger charge is -2.40. The first-order valence-corrected chi connectivity index (χ1v) is 19.7. The third-order valence-electron chi connectivity index (χ3n) is 9.71. The Labute approximate surface area is 287 Å². The number of hydrogen-bond acceptors (Lipinski definition) is 8. The number of unbranched alkanes of at least 4 members (excludes halogenated alkanes) is 22. The molecule has 1 saturated heterocycles. The molecule has 7 atom stereocenters. The first-order chi connectivity index (χ1) is 22.8. The van der Waals surface area contributed by atoms with Crippen LogP contribution in [0.3, 0.4) is 0 Å². The molecule has 280 valence electrons. The van der Waals surface area contributed by atoms with Crippen molar-refractivity contribution in [1.82, 2.24) is 5.32 Å². The molecule has 1 amide bonds. The third-order valence-corrected chi connectivity index (χ3v) is 9.71. The Kier molecular flexibility index (Phi) is 28.3. The topological polar surface area (TPSA) is 149 Å². The van der Waals surface area contributed by atoms with Crippen molar-refractivity contribution in [2.75, 3.05) is 13.2 Å². The maximum atomic E-state index is 12.8. The van der Waals surface area contributed by atoms with Crippen LogP contribution in [0.5, 0.6) is 0 Å². The normalized spacial score (nSPS) is 22.7. The summed E-state index contributed by atoms with van der Waals surface area (Å²) in [6, 6.07) is -0.708. The molecule has 0 bridgehead atoms. The van der Waals surface area contributed by atoms with Crippen LogP contribution >= 0.6 is 0 Å². The van der Waals surface area contributed by atoms with E-state index in [1.165, 1.54) is 116 Å². The van der Waals surface area contributed by atoms with E-state index in [0.29, 0.717) is 12.8 Å². The summed E-state index contributed by atoms with van der Waals surface area (Å²) in [5.74, 6) is -0.146. The fraction of sp³-hybridized carbons (Fsp3) is 0.974. The lowest BCUT2D eigenvalue weighted by molar-refractivity contribution is -0.302. The van der Waals surface area contributed by atoms with E-state index in [2.05, 4.69) is 19.2 Å². The molecule has 0 aromatic heterocycles. The molecule has 47 heavy (non-hydrogen) atoms. The predicted octanol–water partition coefficient (Wildman–Crippen LogP) is 6.83. The van der Waals surface area contributed by atoms with E-state index in [1.807, 2.05) is 0 Å². The zero-order chi connectivity index (χ0) is 34.5. The van der Waals surface area contributed by atoms with Crippen LogP contribution in [0.15, 0.2) is 0 Å². The van der Waals surface area contributed by atoms with Crippen LogP contribution in [-0.2, 0) is 14.3 Å². The van der Waals surface area contributed by atoms with Gasteiger partial charge in [-0.1, -0.05) is 162 Å². The molecule has 0 aliphatic carbocycles. The molecular formula is C38H75NO8. The number of ether oxygens (including phenoxy) is 2. The van der Waals surface area contributed by atoms with E-state index in [4.69, 9.17) is 9.47 Å². The van der Waals surface area contributed by atoms with Gasteiger partial charge in [0.25, 0.3) is 0 Å². The van der Waals surface area contributed by atoms with E-state index in [0.717, 1.165) is 38.5 Å². The van der Waals surface area contributed by atoms with Gasteiger partial charge in [0.05, 0.1) is 25.4 Å². The summed E-state index contributed by atoms with van der Waals surface area (Å²) in [5.41, 5.74) is 0. The molecule has 1 aliphatic rings. The zero-order valence-electron chi connectivity index (χ0n) is 30.3. The molecular weight excluding hydrogens is 598 g/mol. The van der Waals surface area contributed by atoms with Gasteiger partial charge in [0.2, 0.25) is 5.91 Å². The quantitative estimate of drug-likeness (QED) is 0.0426. The van der Waals surface area contributed by atoms with Gasteiger partial charge in [-0.05, 0) is 12.8 Å². The highest BCUT2D eigenvalue weighted by atomic mass is 16.7. The summed E-state index contributed by atoms with van der Waals surface area (Å²) in [5, 5.41) is 54.0. The van der Waals surface area contributed by atoms with Crippen LogP contribution < -0.4 is 5.32 Å². The van der Waals surface area contributed by atoms with Crippen LogP contribution in [-0.4, -0.2) is 87.5 Å². The highest BCUT2D eigenvalue weighted by Gasteiger charge is 2.44. The lowest BCUT2D eigenvalue weighted by atomic mass is 9.99. The maximum absolute atomic E-state index is 12.8. The fourth-order valence-corrected chi connectivity index (χ4v) is 6.45. The maximum Gasteiger partial charge on any atom is 0.220 e. The van der Waals surface area contributed by atoms with Gasteiger partial charge in [-0.2, -0.15) is 0 Å². The Morgan fingerprint density at radius 1 is 0.638 bits per heavy atom. The number of rotatable bonds is 32. The molecule has 0 aromatic carbocycles. The van der Waals surface area contributed by atoms with Crippen molar-refractivity contribution in [3.8, 4) is 0 Å². The van der Waals surface area contributed by atoms with Crippen LogP contribution in [0.1, 0.15) is 181 Å². The van der Waals surface area contributed by atoms with Crippen molar-refractivity contribution in [1.29, 1.82) is 0 Å². The van der Waals surface area contributed by atoms with Crippen molar-refractivity contribution in [3.63, 3.8) is 0 Å². The molecule has 1 heterocycles. The van der Waals surface area contributed by atoms with Crippen LogP contribution in [0, 0.1) is 0 Å². The van der Waals surface area contributed by atoms with Crippen molar-refractivity contribution in [3.05, 3.63) is 0 Å². The number of aliphatic hydroxyl groups excluding tert-OH is 5. The molecule has 0 radical (unpaired) electrons. The Bertz CT molecular complexity index is 711. The second-order valence-electron chi connectivity index (χ2n) is 14.1. The van der Waals surface area contributed by atoms with E-state index >= 15 is 0 Å². The van der Waals surface area contributed by atoms with Gasteiger partial charge in [-0.25, -0.2) is 0 Å². The Morgan fingerprint density at radius 3 is 1.51 bits per heavy atom. The lowest BCUT2D eigenvalue weighted by Crippen LogP contribution is -2.60. The summed E-state index contributed by atoms with van der Waals surface area (Å²) in [7, 11) is 0. The highest BCUT2D eigenvalue weighted by Crippen LogP contribution is 2.23. The highest BCUT2D eigenvalue weighted by molar-refractivity contribution is 5.76. The van der Waals surface area contributed by atoms with Gasteiger partial charge in [-0.3, -0.25) is 4.79 Å². The summed E-state index contributed by atoms with van der Waals surface area (Å²) < 4.78 is 11.2. The minimum Gasteiger partial charge on any atom is -0.394 e. The number of aliphatic hydroxyl groups is 5. The van der Waals surface area contributed by atoms with Crippen LogP contribution in [0.4, 0.5) is 0 Å². The molecule has 9 heteroatoms. The summed E-state index contributed by atoms with van der Waals surface area (Å²) in [4.78, 5) is 12.8. The molecule has 0 spiro atoms. The number of carbonyl (C=O) groups is 1. The average Bonchev–Trinajstić information content (AvgIpc) is 3.07. The smallest absolute Gasteiger partial charge is 0.220 e. The van der Waals surface area contributed by atoms with Gasteiger partial charge < -0.3 is 40.3 Å². The second kappa shape index (κ2) is 30.1. The van der Waals surface area contributed by atoms with Crippen molar-refractivity contribution in [2.24, 2.45) is 0 Å². The first kappa shape index (κ1) is 44.2. The predicted molar refractivity (Wildman–Crippen MR) is 189 cm³/mol. The Morgan fingerprint density at radius 2 is 1.06 bits per heavy atom. The van der Waals surface area contributed by atoms with Gasteiger partial charge >= 0.3 is 0 Å². The standard InChI is InChI=1S/C38H75NO8/c1-3-5-7-9-11-13-15-16-17-18-19-21-23-25-27-32(41)31(30-46-38-37(45)36(44)35(43)33(29-40)47-38)39-34(42)28-26-24-22-20-14-12-10-8-6-4-2/h31-33,35-38,40-41,43-45H,3-30H2,1-2H3,(H,39,42)/t31-,32+,33+,35+,36?,37?,38+/m0/s1. The molecule has 0 saturated carbocycles. The molecule has 1 fully saturated rings.